The van der Waals surface area contributed by atoms with Crippen LogP contribution in [0.3, 0.4) is 0 Å². The predicted octanol–water partition coefficient (Wildman–Crippen LogP) is 2.96. The number of carbonyl (C=O) groups excluding carboxylic acids is 1. The first kappa shape index (κ1) is 18.0. The Kier molecular flexibility index (Phi) is 6.37. The molecule has 2 aromatic rings. The van der Waals surface area contributed by atoms with Crippen LogP contribution in [0.2, 0.25) is 5.02 Å². The molecule has 0 spiro atoms. The van der Waals surface area contributed by atoms with Gasteiger partial charge in [0.15, 0.2) is 0 Å². The first-order valence-electron chi connectivity index (χ1n) is 7.80. The largest absolute Gasteiger partial charge is 0.480 e. The normalized spacial score (nSPS) is 11.9. The van der Waals surface area contributed by atoms with E-state index in [0.717, 1.165) is 18.4 Å². The highest BCUT2D eigenvalue weighted by Gasteiger charge is 2.20. The van der Waals surface area contributed by atoms with Crippen molar-refractivity contribution in [2.45, 2.75) is 38.8 Å². The van der Waals surface area contributed by atoms with Crippen LogP contribution >= 0.6 is 11.6 Å². The molecule has 1 atom stereocenters. The van der Waals surface area contributed by atoms with E-state index in [1.54, 1.807) is 16.9 Å². The monoisotopic (exact) mass is 349 g/mol. The average Bonchev–Trinajstić information content (AvgIpc) is 3.02. The number of carboxylic acid groups (broad SMARTS) is 1. The van der Waals surface area contributed by atoms with E-state index < -0.39 is 17.9 Å². The van der Waals surface area contributed by atoms with E-state index in [9.17, 15) is 14.7 Å². The fraction of sp³-hybridized carbons (Fsp3) is 0.353. The Morgan fingerprint density at radius 2 is 2.12 bits per heavy atom. The zero-order chi connectivity index (χ0) is 17.5. The molecule has 0 fully saturated rings. The minimum absolute atomic E-state index is 0.324. The Bertz CT molecular complexity index is 715. The van der Waals surface area contributed by atoms with Crippen LogP contribution in [-0.2, 0) is 11.3 Å². The molecule has 1 heterocycles. The first-order valence-corrected chi connectivity index (χ1v) is 8.18. The van der Waals surface area contributed by atoms with Crippen LogP contribution in [0.15, 0.2) is 36.7 Å². The minimum atomic E-state index is -1.03. The summed E-state index contributed by atoms with van der Waals surface area (Å²) in [6, 6.07) is 6.51. The maximum atomic E-state index is 12.2. The summed E-state index contributed by atoms with van der Waals surface area (Å²) in [5, 5.41) is 16.5. The van der Waals surface area contributed by atoms with Gasteiger partial charge in [-0.2, -0.15) is 5.10 Å². The summed E-state index contributed by atoms with van der Waals surface area (Å²) in [5.41, 5.74) is 1.21. The number of hydrogen-bond donors (Lipinski definition) is 2. The topological polar surface area (TPSA) is 84.2 Å². The number of hydrogen-bond acceptors (Lipinski definition) is 3. The van der Waals surface area contributed by atoms with Gasteiger partial charge < -0.3 is 10.4 Å². The number of amides is 1. The summed E-state index contributed by atoms with van der Waals surface area (Å²) in [7, 11) is 0. The Morgan fingerprint density at radius 3 is 2.79 bits per heavy atom. The molecule has 2 rings (SSSR count). The van der Waals surface area contributed by atoms with Crippen molar-refractivity contribution < 1.29 is 14.7 Å². The summed E-state index contributed by atoms with van der Waals surface area (Å²) < 4.78 is 1.60. The molecule has 128 valence electrons. The van der Waals surface area contributed by atoms with E-state index in [2.05, 4.69) is 10.4 Å². The van der Waals surface area contributed by atoms with Crippen molar-refractivity contribution in [1.29, 1.82) is 0 Å². The van der Waals surface area contributed by atoms with Gasteiger partial charge in [-0.25, -0.2) is 4.79 Å². The number of rotatable bonds is 8. The summed E-state index contributed by atoms with van der Waals surface area (Å²) in [4.78, 5) is 23.4. The molecule has 0 bridgehead atoms. The molecule has 1 unspecified atom stereocenters. The molecule has 0 aliphatic carbocycles. The summed E-state index contributed by atoms with van der Waals surface area (Å²) in [6.07, 6.45) is 5.02. The first-order chi connectivity index (χ1) is 11.5. The lowest BCUT2D eigenvalue weighted by molar-refractivity contribution is -0.139. The molecular weight excluding hydrogens is 330 g/mol. The molecule has 2 N–H and O–H groups in total. The Balaban J connectivity index is 2.02. The molecule has 1 aromatic heterocycles. The standard InChI is InChI=1S/C17H20ClN3O3/c1-2-3-8-15(17(23)24)20-16(22)13-9-19-21(11-13)10-12-6-4-5-7-14(12)18/h4-7,9,11,15H,2-3,8,10H2,1H3,(H,20,22)(H,23,24). The van der Waals surface area contributed by atoms with Crippen molar-refractivity contribution in [1.82, 2.24) is 15.1 Å². The van der Waals surface area contributed by atoms with Gasteiger partial charge in [-0.3, -0.25) is 9.48 Å². The van der Waals surface area contributed by atoms with Crippen LogP contribution in [0.1, 0.15) is 42.1 Å². The zero-order valence-electron chi connectivity index (χ0n) is 13.4. The quantitative estimate of drug-likeness (QED) is 0.767. The minimum Gasteiger partial charge on any atom is -0.480 e. The van der Waals surface area contributed by atoms with Crippen LogP contribution in [0, 0.1) is 0 Å². The Hall–Kier alpha value is -2.34. The van der Waals surface area contributed by atoms with Gasteiger partial charge in [-0.15, -0.1) is 0 Å². The lowest BCUT2D eigenvalue weighted by Gasteiger charge is -2.13. The molecule has 1 aromatic carbocycles. The molecule has 1 amide bonds. The van der Waals surface area contributed by atoms with Crippen LogP contribution < -0.4 is 5.32 Å². The molecule has 7 heteroatoms. The third-order valence-corrected chi connectivity index (χ3v) is 4.00. The summed E-state index contributed by atoms with van der Waals surface area (Å²) in [5.74, 6) is -1.47. The van der Waals surface area contributed by atoms with Crippen molar-refractivity contribution in [3.8, 4) is 0 Å². The highest BCUT2D eigenvalue weighted by Crippen LogP contribution is 2.16. The SMILES string of the molecule is CCCCC(NC(=O)c1cnn(Cc2ccccc2Cl)c1)C(=O)O. The number of nitrogens with one attached hydrogen (secondary N) is 1. The van der Waals surface area contributed by atoms with Gasteiger partial charge in [0.1, 0.15) is 6.04 Å². The number of benzene rings is 1. The van der Waals surface area contributed by atoms with Crippen molar-refractivity contribution in [2.24, 2.45) is 0 Å². The van der Waals surface area contributed by atoms with E-state index in [-0.39, 0.29) is 0 Å². The fourth-order valence-electron chi connectivity index (χ4n) is 2.28. The van der Waals surface area contributed by atoms with Crippen molar-refractivity contribution in [2.75, 3.05) is 0 Å². The van der Waals surface area contributed by atoms with E-state index >= 15 is 0 Å². The number of aromatic nitrogens is 2. The number of nitrogens with zero attached hydrogens (tertiary/aromatic N) is 2. The van der Waals surface area contributed by atoms with Gasteiger partial charge in [0.05, 0.1) is 18.3 Å². The van der Waals surface area contributed by atoms with Gasteiger partial charge in [0.2, 0.25) is 0 Å². The molecule has 0 aliphatic rings. The number of unbranched alkanes of at least 4 members (excludes halogenated alkanes) is 1. The summed E-state index contributed by atoms with van der Waals surface area (Å²) >= 11 is 6.11. The van der Waals surface area contributed by atoms with Crippen LogP contribution in [0.4, 0.5) is 0 Å². The molecule has 0 saturated heterocycles. The maximum Gasteiger partial charge on any atom is 0.326 e. The Morgan fingerprint density at radius 1 is 1.38 bits per heavy atom. The van der Waals surface area contributed by atoms with E-state index in [1.807, 2.05) is 25.1 Å². The molecule has 24 heavy (non-hydrogen) atoms. The van der Waals surface area contributed by atoms with Gasteiger partial charge in [0.25, 0.3) is 5.91 Å². The van der Waals surface area contributed by atoms with E-state index in [1.165, 1.54) is 6.20 Å². The Labute approximate surface area is 145 Å². The summed E-state index contributed by atoms with van der Waals surface area (Å²) in [6.45, 7) is 2.41. The number of carboxylic acids is 1. The van der Waals surface area contributed by atoms with Gasteiger partial charge in [-0.1, -0.05) is 49.6 Å². The second-order valence-electron chi connectivity index (χ2n) is 5.52. The van der Waals surface area contributed by atoms with Gasteiger partial charge in [-0.05, 0) is 18.1 Å². The molecule has 0 saturated carbocycles. The third kappa shape index (κ3) is 4.83. The van der Waals surface area contributed by atoms with Crippen molar-refractivity contribution >= 4 is 23.5 Å². The predicted molar refractivity (Wildman–Crippen MR) is 91.2 cm³/mol. The van der Waals surface area contributed by atoms with Crippen molar-refractivity contribution in [3.63, 3.8) is 0 Å². The number of carbonyl (C=O) groups is 2. The molecule has 0 radical (unpaired) electrons. The number of halogens is 1. The van der Waals surface area contributed by atoms with E-state index in [4.69, 9.17) is 11.6 Å². The zero-order valence-corrected chi connectivity index (χ0v) is 14.2. The lowest BCUT2D eigenvalue weighted by Crippen LogP contribution is -2.40. The smallest absolute Gasteiger partial charge is 0.326 e. The fourth-order valence-corrected chi connectivity index (χ4v) is 2.47. The molecular formula is C17H20ClN3O3. The highest BCUT2D eigenvalue weighted by molar-refractivity contribution is 6.31. The molecule has 0 aliphatic heterocycles. The second-order valence-corrected chi connectivity index (χ2v) is 5.93. The highest BCUT2D eigenvalue weighted by atomic mass is 35.5. The second kappa shape index (κ2) is 8.49. The van der Waals surface area contributed by atoms with Gasteiger partial charge in [0, 0.05) is 11.2 Å². The maximum absolute atomic E-state index is 12.2. The lowest BCUT2D eigenvalue weighted by atomic mass is 10.1. The number of aliphatic carboxylic acids is 1. The van der Waals surface area contributed by atoms with Crippen molar-refractivity contribution in [3.05, 3.63) is 52.8 Å². The van der Waals surface area contributed by atoms with Crippen LogP contribution in [-0.4, -0.2) is 32.8 Å². The van der Waals surface area contributed by atoms with Crippen LogP contribution in [0.25, 0.3) is 0 Å². The van der Waals surface area contributed by atoms with Crippen LogP contribution in [0.5, 0.6) is 0 Å². The average molecular weight is 350 g/mol. The molecule has 6 nitrogen and oxygen atoms in total. The van der Waals surface area contributed by atoms with Gasteiger partial charge >= 0.3 is 5.97 Å². The van der Waals surface area contributed by atoms with E-state index in [0.29, 0.717) is 23.6 Å². The third-order valence-electron chi connectivity index (χ3n) is 3.64.